The van der Waals surface area contributed by atoms with Gasteiger partial charge in [-0.1, -0.05) is 23.4 Å². The highest BCUT2D eigenvalue weighted by Gasteiger charge is 1.95. The predicted octanol–water partition coefficient (Wildman–Crippen LogP) is 2.95. The van der Waals surface area contributed by atoms with Gasteiger partial charge in [-0.3, -0.25) is 0 Å². The quantitative estimate of drug-likeness (QED) is 0.374. The van der Waals surface area contributed by atoms with Gasteiger partial charge in [0, 0.05) is 0 Å². The highest BCUT2D eigenvalue weighted by molar-refractivity contribution is 5.79. The van der Waals surface area contributed by atoms with Crippen LogP contribution in [0.3, 0.4) is 0 Å². The summed E-state index contributed by atoms with van der Waals surface area (Å²) in [5.74, 6) is 1.59. The molecule has 0 saturated heterocycles. The fourth-order valence-electron chi connectivity index (χ4n) is 1.55. The molecular formula is C15H15NO3. The van der Waals surface area contributed by atoms with Crippen LogP contribution in [0.25, 0.3) is 0 Å². The van der Waals surface area contributed by atoms with Gasteiger partial charge in [-0.25, -0.2) is 0 Å². The number of benzene rings is 2. The summed E-state index contributed by atoms with van der Waals surface area (Å²) in [6.07, 6.45) is 1.36. The van der Waals surface area contributed by atoms with Gasteiger partial charge in [-0.2, -0.15) is 0 Å². The van der Waals surface area contributed by atoms with E-state index in [1.807, 2.05) is 54.6 Å². The third-order valence-electron chi connectivity index (χ3n) is 2.45. The second-order valence-electron chi connectivity index (χ2n) is 3.82. The van der Waals surface area contributed by atoms with Crippen LogP contribution in [-0.2, 0) is 0 Å². The van der Waals surface area contributed by atoms with E-state index in [4.69, 9.17) is 14.7 Å². The Hall–Kier alpha value is -2.49. The predicted molar refractivity (Wildman–Crippen MR) is 73.3 cm³/mol. The van der Waals surface area contributed by atoms with Crippen LogP contribution >= 0.6 is 0 Å². The average Bonchev–Trinajstić information content (AvgIpc) is 2.47. The molecule has 0 saturated carbocycles. The van der Waals surface area contributed by atoms with E-state index in [-0.39, 0.29) is 0 Å². The zero-order valence-corrected chi connectivity index (χ0v) is 10.4. The highest BCUT2D eigenvalue weighted by Crippen LogP contribution is 2.12. The summed E-state index contributed by atoms with van der Waals surface area (Å²) in [5.41, 5.74) is 0.815. The summed E-state index contributed by atoms with van der Waals surface area (Å²) in [4.78, 5) is 0. The Kier molecular flexibility index (Phi) is 4.81. The van der Waals surface area contributed by atoms with Gasteiger partial charge < -0.3 is 14.7 Å². The van der Waals surface area contributed by atoms with Gasteiger partial charge in [0.15, 0.2) is 0 Å². The van der Waals surface area contributed by atoms with Crippen molar-refractivity contribution in [2.45, 2.75) is 0 Å². The summed E-state index contributed by atoms with van der Waals surface area (Å²) in [6, 6.07) is 16.9. The first-order chi connectivity index (χ1) is 9.38. The second-order valence-corrected chi connectivity index (χ2v) is 3.82. The number of ether oxygens (including phenoxy) is 2. The molecule has 0 aliphatic heterocycles. The molecule has 0 amide bonds. The van der Waals surface area contributed by atoms with E-state index in [0.29, 0.717) is 13.2 Å². The summed E-state index contributed by atoms with van der Waals surface area (Å²) in [7, 11) is 0. The van der Waals surface area contributed by atoms with Crippen molar-refractivity contribution in [3.05, 3.63) is 60.2 Å². The first-order valence-electron chi connectivity index (χ1n) is 5.96. The molecule has 2 rings (SSSR count). The van der Waals surface area contributed by atoms with Gasteiger partial charge in [-0.05, 0) is 42.0 Å². The lowest BCUT2D eigenvalue weighted by atomic mass is 10.2. The first-order valence-corrected chi connectivity index (χ1v) is 5.96. The van der Waals surface area contributed by atoms with Crippen LogP contribution in [0, 0.1) is 0 Å². The summed E-state index contributed by atoms with van der Waals surface area (Å²) in [5, 5.41) is 11.4. The zero-order valence-electron chi connectivity index (χ0n) is 10.4. The molecule has 0 unspecified atom stereocenters. The Labute approximate surface area is 111 Å². The molecule has 0 heterocycles. The Morgan fingerprint density at radius 1 is 0.842 bits per heavy atom. The Balaban J connectivity index is 1.73. The van der Waals surface area contributed by atoms with Crippen molar-refractivity contribution in [1.29, 1.82) is 0 Å². The molecule has 0 atom stereocenters. The van der Waals surface area contributed by atoms with Crippen molar-refractivity contribution in [2.75, 3.05) is 13.2 Å². The van der Waals surface area contributed by atoms with Crippen molar-refractivity contribution in [3.8, 4) is 11.5 Å². The van der Waals surface area contributed by atoms with Crippen molar-refractivity contribution in [3.63, 3.8) is 0 Å². The van der Waals surface area contributed by atoms with E-state index in [2.05, 4.69) is 5.16 Å². The van der Waals surface area contributed by atoms with Crippen LogP contribution in [0.4, 0.5) is 0 Å². The van der Waals surface area contributed by atoms with Gasteiger partial charge in [0.25, 0.3) is 0 Å². The molecule has 0 aliphatic carbocycles. The maximum atomic E-state index is 8.39. The summed E-state index contributed by atoms with van der Waals surface area (Å²) < 4.78 is 11.0. The van der Waals surface area contributed by atoms with Crippen molar-refractivity contribution < 1.29 is 14.7 Å². The number of para-hydroxylation sites is 1. The molecule has 0 spiro atoms. The molecule has 2 aromatic carbocycles. The lowest BCUT2D eigenvalue weighted by Gasteiger charge is -2.08. The smallest absolute Gasteiger partial charge is 0.122 e. The minimum atomic E-state index is 0.475. The second kappa shape index (κ2) is 7.06. The standard InChI is InChI=1S/C15H15NO3/c17-16-12-13-6-8-15(9-7-13)19-11-10-18-14-4-2-1-3-5-14/h1-9,12,17H,10-11H2. The lowest BCUT2D eigenvalue weighted by Crippen LogP contribution is -2.08. The molecular weight excluding hydrogens is 242 g/mol. The van der Waals surface area contributed by atoms with Crippen molar-refractivity contribution >= 4 is 6.21 Å². The monoisotopic (exact) mass is 257 g/mol. The van der Waals surface area contributed by atoms with Crippen molar-refractivity contribution in [1.82, 2.24) is 0 Å². The minimum absolute atomic E-state index is 0.475. The Morgan fingerprint density at radius 2 is 1.42 bits per heavy atom. The molecule has 19 heavy (non-hydrogen) atoms. The molecule has 4 heteroatoms. The van der Waals surface area contributed by atoms with E-state index < -0.39 is 0 Å². The van der Waals surface area contributed by atoms with E-state index in [1.165, 1.54) is 6.21 Å². The average molecular weight is 257 g/mol. The first kappa shape index (κ1) is 13.0. The number of oxime groups is 1. The third-order valence-corrected chi connectivity index (χ3v) is 2.45. The maximum Gasteiger partial charge on any atom is 0.122 e. The zero-order chi connectivity index (χ0) is 13.3. The molecule has 2 aromatic rings. The van der Waals surface area contributed by atoms with E-state index in [9.17, 15) is 0 Å². The maximum absolute atomic E-state index is 8.39. The van der Waals surface area contributed by atoms with Gasteiger partial charge in [-0.15, -0.1) is 0 Å². The molecule has 1 N–H and O–H groups in total. The molecule has 98 valence electrons. The van der Waals surface area contributed by atoms with E-state index in [1.54, 1.807) is 0 Å². The normalized spacial score (nSPS) is 10.5. The van der Waals surface area contributed by atoms with Gasteiger partial charge in [0.2, 0.25) is 0 Å². The largest absolute Gasteiger partial charge is 0.490 e. The van der Waals surface area contributed by atoms with Crippen LogP contribution in [0.2, 0.25) is 0 Å². The summed E-state index contributed by atoms with van der Waals surface area (Å²) in [6.45, 7) is 0.964. The third kappa shape index (κ3) is 4.35. The molecule has 0 aliphatic rings. The van der Waals surface area contributed by atoms with Crippen LogP contribution in [0.15, 0.2) is 59.8 Å². The Bertz CT molecular complexity index is 509. The minimum Gasteiger partial charge on any atom is -0.490 e. The fraction of sp³-hybridized carbons (Fsp3) is 0.133. The van der Waals surface area contributed by atoms with Crippen molar-refractivity contribution in [2.24, 2.45) is 5.16 Å². The molecule has 0 radical (unpaired) electrons. The van der Waals surface area contributed by atoms with Gasteiger partial charge in [0.1, 0.15) is 24.7 Å². The summed E-state index contributed by atoms with van der Waals surface area (Å²) >= 11 is 0. The van der Waals surface area contributed by atoms with Gasteiger partial charge in [0.05, 0.1) is 6.21 Å². The molecule has 0 aromatic heterocycles. The van der Waals surface area contributed by atoms with Crippen LogP contribution in [0.5, 0.6) is 11.5 Å². The fourth-order valence-corrected chi connectivity index (χ4v) is 1.55. The van der Waals surface area contributed by atoms with Crippen LogP contribution in [-0.4, -0.2) is 24.6 Å². The lowest BCUT2D eigenvalue weighted by molar-refractivity contribution is 0.217. The number of nitrogens with zero attached hydrogens (tertiary/aromatic N) is 1. The number of rotatable bonds is 6. The molecule has 0 fully saturated rings. The van der Waals surface area contributed by atoms with Crippen LogP contribution < -0.4 is 9.47 Å². The van der Waals surface area contributed by atoms with Gasteiger partial charge >= 0.3 is 0 Å². The number of hydrogen-bond donors (Lipinski definition) is 1. The molecule has 0 bridgehead atoms. The SMILES string of the molecule is ON=Cc1ccc(OCCOc2ccccc2)cc1. The van der Waals surface area contributed by atoms with Crippen LogP contribution in [0.1, 0.15) is 5.56 Å². The molecule has 4 nitrogen and oxygen atoms in total. The topological polar surface area (TPSA) is 51.1 Å². The van der Waals surface area contributed by atoms with E-state index >= 15 is 0 Å². The highest BCUT2D eigenvalue weighted by atomic mass is 16.5. The Morgan fingerprint density at radius 3 is 2.00 bits per heavy atom. The van der Waals surface area contributed by atoms with E-state index in [0.717, 1.165) is 17.1 Å². The number of hydrogen-bond acceptors (Lipinski definition) is 4.